The lowest BCUT2D eigenvalue weighted by Crippen LogP contribution is -2.27. The van der Waals surface area contributed by atoms with Crippen molar-refractivity contribution < 1.29 is 4.79 Å². The maximum Gasteiger partial charge on any atom is 0.273 e. The summed E-state index contributed by atoms with van der Waals surface area (Å²) in [5.41, 5.74) is 3.11. The molecule has 0 atom stereocenters. The maximum atomic E-state index is 12.7. The van der Waals surface area contributed by atoms with Gasteiger partial charge in [0.15, 0.2) is 10.8 Å². The molecule has 7 nitrogen and oxygen atoms in total. The van der Waals surface area contributed by atoms with Crippen molar-refractivity contribution in [2.45, 2.75) is 33.2 Å². The molecule has 1 aliphatic heterocycles. The van der Waals surface area contributed by atoms with Crippen molar-refractivity contribution in [3.05, 3.63) is 46.0 Å². The van der Waals surface area contributed by atoms with Gasteiger partial charge < -0.3 is 10.2 Å². The smallest absolute Gasteiger partial charge is 0.273 e. The summed E-state index contributed by atoms with van der Waals surface area (Å²) in [6.45, 7) is 5.81. The van der Waals surface area contributed by atoms with E-state index in [1.54, 1.807) is 0 Å². The van der Waals surface area contributed by atoms with E-state index in [1.807, 2.05) is 32.0 Å². The Labute approximate surface area is 160 Å². The van der Waals surface area contributed by atoms with Crippen molar-refractivity contribution >= 4 is 38.4 Å². The Bertz CT molecular complexity index is 1050. The minimum atomic E-state index is -0.257. The fourth-order valence-electron chi connectivity index (χ4n) is 3.39. The van der Waals surface area contributed by atoms with Gasteiger partial charge in [0.25, 0.3) is 5.56 Å². The van der Waals surface area contributed by atoms with Crippen LogP contribution in [0.2, 0.25) is 0 Å². The van der Waals surface area contributed by atoms with Crippen LogP contribution in [0.15, 0.2) is 29.3 Å². The fourth-order valence-corrected chi connectivity index (χ4v) is 4.41. The Balaban J connectivity index is 1.55. The number of nitrogens with zero attached hydrogens (tertiary/aromatic N) is 4. The van der Waals surface area contributed by atoms with E-state index in [9.17, 15) is 9.59 Å². The van der Waals surface area contributed by atoms with Gasteiger partial charge in [-0.15, -0.1) is 0 Å². The molecule has 0 unspecified atom stereocenters. The molecule has 0 saturated carbocycles. The van der Waals surface area contributed by atoms with Gasteiger partial charge in [-0.1, -0.05) is 17.4 Å². The zero-order chi connectivity index (χ0) is 19.0. The van der Waals surface area contributed by atoms with Gasteiger partial charge in [-0.25, -0.2) is 4.98 Å². The summed E-state index contributed by atoms with van der Waals surface area (Å²) in [4.78, 5) is 36.1. The first-order valence-electron chi connectivity index (χ1n) is 8.99. The average Bonchev–Trinajstić information content (AvgIpc) is 3.25. The molecular formula is C19H21N5O2S. The zero-order valence-corrected chi connectivity index (χ0v) is 16.2. The van der Waals surface area contributed by atoms with Gasteiger partial charge in [-0.05, 0) is 49.9 Å². The van der Waals surface area contributed by atoms with Crippen LogP contribution in [0.4, 0.5) is 10.8 Å². The molecule has 4 rings (SSSR count). The lowest BCUT2D eigenvalue weighted by Gasteiger charge is -2.11. The van der Waals surface area contributed by atoms with Gasteiger partial charge in [0, 0.05) is 18.8 Å². The molecule has 27 heavy (non-hydrogen) atoms. The molecule has 0 spiro atoms. The van der Waals surface area contributed by atoms with Crippen LogP contribution in [0.5, 0.6) is 0 Å². The number of rotatable bonds is 4. The van der Waals surface area contributed by atoms with Gasteiger partial charge in [0.2, 0.25) is 5.91 Å². The van der Waals surface area contributed by atoms with Gasteiger partial charge in [-0.2, -0.15) is 4.98 Å². The molecule has 1 fully saturated rings. The summed E-state index contributed by atoms with van der Waals surface area (Å²) in [5, 5.41) is 3.69. The Morgan fingerprint density at radius 1 is 1.19 bits per heavy atom. The molecule has 8 heteroatoms. The molecule has 140 valence electrons. The number of hydrogen-bond donors (Lipinski definition) is 1. The van der Waals surface area contributed by atoms with Crippen LogP contribution in [0.25, 0.3) is 10.3 Å². The van der Waals surface area contributed by atoms with Crippen molar-refractivity contribution in [2.24, 2.45) is 0 Å². The van der Waals surface area contributed by atoms with Crippen LogP contribution in [0.3, 0.4) is 0 Å². The van der Waals surface area contributed by atoms with Crippen molar-refractivity contribution in [3.63, 3.8) is 0 Å². The molecule has 2 aromatic heterocycles. The lowest BCUT2D eigenvalue weighted by molar-refractivity contribution is -0.116. The van der Waals surface area contributed by atoms with Crippen molar-refractivity contribution in [1.82, 2.24) is 14.5 Å². The van der Waals surface area contributed by atoms with Gasteiger partial charge in [0.1, 0.15) is 17.6 Å². The summed E-state index contributed by atoms with van der Waals surface area (Å²) in [5.74, 6) is -0.257. The Morgan fingerprint density at radius 2 is 1.89 bits per heavy atom. The van der Waals surface area contributed by atoms with E-state index < -0.39 is 0 Å². The third-order valence-corrected chi connectivity index (χ3v) is 5.66. The second-order valence-electron chi connectivity index (χ2n) is 6.95. The predicted octanol–water partition coefficient (Wildman–Crippen LogP) is 2.71. The number of carbonyl (C=O) groups is 1. The normalized spacial score (nSPS) is 14.1. The number of nitrogens with one attached hydrogen (secondary N) is 1. The van der Waals surface area contributed by atoms with Gasteiger partial charge in [0.05, 0.1) is 0 Å². The van der Waals surface area contributed by atoms with E-state index >= 15 is 0 Å². The summed E-state index contributed by atoms with van der Waals surface area (Å²) in [6.07, 6.45) is 3.69. The van der Waals surface area contributed by atoms with Crippen LogP contribution < -0.4 is 15.8 Å². The highest BCUT2D eigenvalue weighted by atomic mass is 32.1. The molecule has 1 amide bonds. The van der Waals surface area contributed by atoms with E-state index in [4.69, 9.17) is 0 Å². The predicted molar refractivity (Wildman–Crippen MR) is 108 cm³/mol. The minimum Gasteiger partial charge on any atom is -0.348 e. The van der Waals surface area contributed by atoms with Crippen LogP contribution in [0.1, 0.15) is 24.0 Å². The van der Waals surface area contributed by atoms with Crippen LogP contribution in [-0.2, 0) is 11.3 Å². The SMILES string of the molecule is Cc1cc(C)cc(NC(=O)Cn2cnc3nc(N4CCCC4)sc3c2=O)c1. The molecular weight excluding hydrogens is 362 g/mol. The third-order valence-electron chi connectivity index (χ3n) is 4.57. The average molecular weight is 383 g/mol. The molecule has 1 aromatic carbocycles. The highest BCUT2D eigenvalue weighted by Crippen LogP contribution is 2.27. The first-order valence-corrected chi connectivity index (χ1v) is 9.80. The number of thiazole rings is 1. The number of hydrogen-bond acceptors (Lipinski definition) is 6. The Kier molecular flexibility index (Phi) is 4.65. The first-order chi connectivity index (χ1) is 13.0. The van der Waals surface area contributed by atoms with E-state index in [-0.39, 0.29) is 18.0 Å². The van der Waals surface area contributed by atoms with Crippen molar-refractivity contribution in [2.75, 3.05) is 23.3 Å². The molecule has 1 N–H and O–H groups in total. The largest absolute Gasteiger partial charge is 0.348 e. The highest BCUT2D eigenvalue weighted by Gasteiger charge is 2.19. The van der Waals surface area contributed by atoms with Crippen LogP contribution in [-0.4, -0.2) is 33.5 Å². The monoisotopic (exact) mass is 383 g/mol. The summed E-state index contributed by atoms with van der Waals surface area (Å²) < 4.78 is 1.84. The number of aryl methyl sites for hydroxylation is 2. The number of amides is 1. The standard InChI is InChI=1S/C19H21N5O2S/c1-12-7-13(2)9-14(8-12)21-15(25)10-24-11-20-17-16(18(24)26)27-19(22-17)23-5-3-4-6-23/h7-9,11H,3-6,10H2,1-2H3,(H,21,25). The van der Waals surface area contributed by atoms with E-state index in [1.165, 1.54) is 22.2 Å². The number of aromatic nitrogens is 3. The molecule has 0 bridgehead atoms. The number of anilines is 2. The molecule has 0 radical (unpaired) electrons. The number of fused-ring (bicyclic) bond motifs is 1. The zero-order valence-electron chi connectivity index (χ0n) is 15.4. The van der Waals surface area contributed by atoms with Crippen molar-refractivity contribution in [1.29, 1.82) is 0 Å². The van der Waals surface area contributed by atoms with E-state index in [0.29, 0.717) is 10.3 Å². The first kappa shape index (κ1) is 17.7. The molecule has 3 aromatic rings. The van der Waals surface area contributed by atoms with E-state index in [0.717, 1.165) is 47.9 Å². The maximum absolute atomic E-state index is 12.7. The quantitative estimate of drug-likeness (QED) is 0.749. The Hall–Kier alpha value is -2.74. The second-order valence-corrected chi connectivity index (χ2v) is 7.92. The molecule has 0 aliphatic carbocycles. The molecule has 3 heterocycles. The summed E-state index contributed by atoms with van der Waals surface area (Å²) >= 11 is 1.36. The lowest BCUT2D eigenvalue weighted by atomic mass is 10.1. The minimum absolute atomic E-state index is 0.0777. The number of carbonyl (C=O) groups excluding carboxylic acids is 1. The van der Waals surface area contributed by atoms with Crippen LogP contribution >= 0.6 is 11.3 Å². The molecule has 1 aliphatic rings. The molecule has 1 saturated heterocycles. The van der Waals surface area contributed by atoms with Gasteiger partial charge in [-0.3, -0.25) is 14.2 Å². The topological polar surface area (TPSA) is 80.1 Å². The third kappa shape index (κ3) is 3.71. The second kappa shape index (κ2) is 7.11. The van der Waals surface area contributed by atoms with Gasteiger partial charge >= 0.3 is 0 Å². The van der Waals surface area contributed by atoms with E-state index in [2.05, 4.69) is 20.2 Å². The highest BCUT2D eigenvalue weighted by molar-refractivity contribution is 7.22. The number of benzene rings is 1. The van der Waals surface area contributed by atoms with Crippen molar-refractivity contribution in [3.8, 4) is 0 Å². The summed E-state index contributed by atoms with van der Waals surface area (Å²) in [6, 6.07) is 5.85. The summed E-state index contributed by atoms with van der Waals surface area (Å²) in [7, 11) is 0. The van der Waals surface area contributed by atoms with Crippen LogP contribution in [0, 0.1) is 13.8 Å². The fraction of sp³-hybridized carbons (Fsp3) is 0.368. The Morgan fingerprint density at radius 3 is 2.59 bits per heavy atom.